The van der Waals surface area contributed by atoms with Gasteiger partial charge in [-0.2, -0.15) is 4.80 Å². The highest BCUT2D eigenvalue weighted by Gasteiger charge is 2.21. The van der Waals surface area contributed by atoms with Crippen LogP contribution in [0.4, 0.5) is 0 Å². The summed E-state index contributed by atoms with van der Waals surface area (Å²) in [5.41, 5.74) is 1.02. The lowest BCUT2D eigenvalue weighted by atomic mass is 9.98. The number of methoxy groups -OCH3 is 2. The summed E-state index contributed by atoms with van der Waals surface area (Å²) >= 11 is 0. The first-order valence-electron chi connectivity index (χ1n) is 7.80. The zero-order valence-electron chi connectivity index (χ0n) is 14.1. The molecule has 126 valence electrons. The number of tetrazole rings is 1. The van der Waals surface area contributed by atoms with Gasteiger partial charge in [0, 0.05) is 10.9 Å². The SMILES string of the molecule is CNCCC(c1cc2cccc(OC)c2cc1OC)n1ncnn1. The van der Waals surface area contributed by atoms with Crippen molar-refractivity contribution in [1.29, 1.82) is 0 Å². The summed E-state index contributed by atoms with van der Waals surface area (Å²) in [7, 11) is 5.27. The molecule has 7 heteroatoms. The molecule has 0 saturated carbocycles. The van der Waals surface area contributed by atoms with Crippen molar-refractivity contribution in [3.8, 4) is 11.5 Å². The molecule has 2 aromatic carbocycles. The molecule has 1 aromatic heterocycles. The van der Waals surface area contributed by atoms with Crippen molar-refractivity contribution in [2.75, 3.05) is 27.8 Å². The molecule has 0 amide bonds. The summed E-state index contributed by atoms with van der Waals surface area (Å²) in [5, 5.41) is 17.4. The molecular weight excluding hydrogens is 306 g/mol. The highest BCUT2D eigenvalue weighted by molar-refractivity contribution is 5.90. The lowest BCUT2D eigenvalue weighted by Crippen LogP contribution is -2.20. The average molecular weight is 327 g/mol. The molecule has 7 nitrogen and oxygen atoms in total. The summed E-state index contributed by atoms with van der Waals surface area (Å²) in [6.07, 6.45) is 2.27. The first-order chi connectivity index (χ1) is 11.8. The molecule has 3 aromatic rings. The monoisotopic (exact) mass is 327 g/mol. The van der Waals surface area contributed by atoms with Crippen LogP contribution in [0, 0.1) is 0 Å². The minimum atomic E-state index is -0.0644. The van der Waals surface area contributed by atoms with Crippen LogP contribution in [0.1, 0.15) is 18.0 Å². The molecule has 0 bridgehead atoms. The second-order valence-electron chi connectivity index (χ2n) is 5.44. The lowest BCUT2D eigenvalue weighted by molar-refractivity contribution is 0.376. The molecule has 1 N–H and O–H groups in total. The lowest BCUT2D eigenvalue weighted by Gasteiger charge is -2.20. The van der Waals surface area contributed by atoms with E-state index in [0.717, 1.165) is 40.8 Å². The number of hydrogen-bond acceptors (Lipinski definition) is 6. The van der Waals surface area contributed by atoms with Gasteiger partial charge in [-0.05, 0) is 48.8 Å². The minimum Gasteiger partial charge on any atom is -0.496 e. The van der Waals surface area contributed by atoms with E-state index in [-0.39, 0.29) is 6.04 Å². The smallest absolute Gasteiger partial charge is 0.162 e. The zero-order chi connectivity index (χ0) is 16.9. The number of rotatable bonds is 7. The Labute approximate surface area is 140 Å². The molecule has 0 aliphatic rings. The third kappa shape index (κ3) is 3.03. The van der Waals surface area contributed by atoms with Gasteiger partial charge in [0.2, 0.25) is 0 Å². The number of ether oxygens (including phenoxy) is 2. The van der Waals surface area contributed by atoms with E-state index in [1.54, 1.807) is 19.0 Å². The van der Waals surface area contributed by atoms with Crippen molar-refractivity contribution >= 4 is 10.8 Å². The van der Waals surface area contributed by atoms with Gasteiger partial charge in [-0.25, -0.2) is 0 Å². The third-order valence-corrected chi connectivity index (χ3v) is 4.08. The van der Waals surface area contributed by atoms with Crippen molar-refractivity contribution < 1.29 is 9.47 Å². The number of nitrogens with one attached hydrogen (secondary N) is 1. The minimum absolute atomic E-state index is 0.0644. The predicted octanol–water partition coefficient (Wildman–Crippen LogP) is 2.04. The van der Waals surface area contributed by atoms with Crippen LogP contribution < -0.4 is 14.8 Å². The summed E-state index contributed by atoms with van der Waals surface area (Å²) < 4.78 is 11.1. The van der Waals surface area contributed by atoms with E-state index in [4.69, 9.17) is 9.47 Å². The Morgan fingerprint density at radius 1 is 1.17 bits per heavy atom. The Bertz CT molecular complexity index is 804. The normalized spacial score (nSPS) is 12.3. The van der Waals surface area contributed by atoms with Gasteiger partial charge in [0.1, 0.15) is 17.5 Å². The fourth-order valence-corrected chi connectivity index (χ4v) is 2.90. The molecular formula is C17H21N5O2. The number of hydrogen-bond donors (Lipinski definition) is 1. The Morgan fingerprint density at radius 2 is 2.00 bits per heavy atom. The second-order valence-corrected chi connectivity index (χ2v) is 5.44. The van der Waals surface area contributed by atoms with Gasteiger partial charge in [0.05, 0.1) is 14.2 Å². The average Bonchev–Trinajstić information content (AvgIpc) is 3.15. The molecule has 24 heavy (non-hydrogen) atoms. The zero-order valence-corrected chi connectivity index (χ0v) is 14.1. The van der Waals surface area contributed by atoms with Crippen molar-refractivity contribution in [3.63, 3.8) is 0 Å². The third-order valence-electron chi connectivity index (χ3n) is 4.08. The first kappa shape index (κ1) is 16.2. The molecule has 0 fully saturated rings. The Kier molecular flexibility index (Phi) is 4.90. The second kappa shape index (κ2) is 7.27. The molecule has 1 heterocycles. The maximum atomic E-state index is 5.65. The molecule has 3 rings (SSSR count). The van der Waals surface area contributed by atoms with Crippen molar-refractivity contribution in [3.05, 3.63) is 42.2 Å². The quantitative estimate of drug-likeness (QED) is 0.716. The van der Waals surface area contributed by atoms with Crippen LogP contribution in [-0.4, -0.2) is 48.0 Å². The molecule has 1 atom stereocenters. The van der Waals surface area contributed by atoms with E-state index >= 15 is 0 Å². The fraction of sp³-hybridized carbons (Fsp3) is 0.353. The van der Waals surface area contributed by atoms with Gasteiger partial charge >= 0.3 is 0 Å². The van der Waals surface area contributed by atoms with Crippen LogP contribution in [0.25, 0.3) is 10.8 Å². The highest BCUT2D eigenvalue weighted by Crippen LogP contribution is 2.36. The van der Waals surface area contributed by atoms with Crippen LogP contribution in [0.2, 0.25) is 0 Å². The van der Waals surface area contributed by atoms with Crippen LogP contribution in [0.15, 0.2) is 36.7 Å². The summed E-state index contributed by atoms with van der Waals surface area (Å²) in [4.78, 5) is 1.63. The van der Waals surface area contributed by atoms with E-state index in [1.807, 2.05) is 25.2 Å². The van der Waals surface area contributed by atoms with Crippen molar-refractivity contribution in [1.82, 2.24) is 25.5 Å². The standard InChI is InChI=1S/C17H21N5O2/c1-18-8-7-15(22-20-11-19-21-22)14-9-12-5-4-6-16(23-2)13(12)10-17(14)24-3/h4-6,9-11,15,18H,7-8H2,1-3H3. The Balaban J connectivity index is 2.15. The van der Waals surface area contributed by atoms with Crippen LogP contribution in [0.5, 0.6) is 11.5 Å². The Morgan fingerprint density at radius 3 is 2.67 bits per heavy atom. The number of aromatic nitrogens is 4. The van der Waals surface area contributed by atoms with Gasteiger partial charge in [0.25, 0.3) is 0 Å². The van der Waals surface area contributed by atoms with E-state index in [9.17, 15) is 0 Å². The first-order valence-corrected chi connectivity index (χ1v) is 7.80. The molecule has 0 aliphatic heterocycles. The van der Waals surface area contributed by atoms with Crippen LogP contribution in [0.3, 0.4) is 0 Å². The topological polar surface area (TPSA) is 74.1 Å². The predicted molar refractivity (Wildman–Crippen MR) is 91.6 cm³/mol. The van der Waals surface area contributed by atoms with Crippen molar-refractivity contribution in [2.24, 2.45) is 0 Å². The highest BCUT2D eigenvalue weighted by atomic mass is 16.5. The van der Waals surface area contributed by atoms with E-state index in [1.165, 1.54) is 6.33 Å². The Hall–Kier alpha value is -2.67. The van der Waals surface area contributed by atoms with Gasteiger partial charge in [-0.1, -0.05) is 12.1 Å². The van der Waals surface area contributed by atoms with Crippen LogP contribution in [-0.2, 0) is 0 Å². The van der Waals surface area contributed by atoms with Crippen LogP contribution >= 0.6 is 0 Å². The van der Waals surface area contributed by atoms with Gasteiger partial charge in [-0.15, -0.1) is 10.2 Å². The van der Waals surface area contributed by atoms with Gasteiger partial charge < -0.3 is 14.8 Å². The molecule has 0 saturated heterocycles. The van der Waals surface area contributed by atoms with Crippen molar-refractivity contribution in [2.45, 2.75) is 12.5 Å². The van der Waals surface area contributed by atoms with E-state index < -0.39 is 0 Å². The maximum absolute atomic E-state index is 5.65. The van der Waals surface area contributed by atoms with Gasteiger partial charge in [0.15, 0.2) is 6.33 Å². The summed E-state index contributed by atoms with van der Waals surface area (Å²) in [5.74, 6) is 1.61. The number of fused-ring (bicyclic) bond motifs is 1. The number of nitrogens with zero attached hydrogens (tertiary/aromatic N) is 4. The molecule has 0 aliphatic carbocycles. The summed E-state index contributed by atoms with van der Waals surface area (Å²) in [6, 6.07) is 10.0. The summed E-state index contributed by atoms with van der Waals surface area (Å²) in [6.45, 7) is 0.825. The molecule has 0 spiro atoms. The van der Waals surface area contributed by atoms with E-state index in [2.05, 4.69) is 32.9 Å². The molecule has 0 radical (unpaired) electrons. The number of benzene rings is 2. The molecule has 1 unspecified atom stereocenters. The van der Waals surface area contributed by atoms with Gasteiger partial charge in [-0.3, -0.25) is 0 Å². The largest absolute Gasteiger partial charge is 0.496 e. The van der Waals surface area contributed by atoms with E-state index in [0.29, 0.717) is 0 Å². The fourth-order valence-electron chi connectivity index (χ4n) is 2.90. The maximum Gasteiger partial charge on any atom is 0.162 e.